The van der Waals surface area contributed by atoms with Gasteiger partial charge in [0.15, 0.2) is 0 Å². The Hall–Kier alpha value is -2.34. The summed E-state index contributed by atoms with van der Waals surface area (Å²) in [5, 5.41) is 8.98. The fourth-order valence-corrected chi connectivity index (χ4v) is 2.42. The first kappa shape index (κ1) is 11.7. The minimum Gasteiger partial charge on any atom is -0.456 e. The number of nitriles is 1. The van der Waals surface area contributed by atoms with Gasteiger partial charge in [0.25, 0.3) is 0 Å². The van der Waals surface area contributed by atoms with Crippen LogP contribution in [0.5, 0.6) is 11.5 Å². The highest BCUT2D eigenvalue weighted by molar-refractivity contribution is 5.47. The fourth-order valence-electron chi connectivity index (χ4n) is 2.42. The van der Waals surface area contributed by atoms with Gasteiger partial charge in [-0.15, -0.1) is 0 Å². The molecular formula is C16H12FNO. The van der Waals surface area contributed by atoms with Crippen molar-refractivity contribution in [2.24, 2.45) is 0 Å². The number of aryl methyl sites for hydroxylation is 2. The van der Waals surface area contributed by atoms with Crippen LogP contribution in [0.2, 0.25) is 0 Å². The Morgan fingerprint density at radius 3 is 2.74 bits per heavy atom. The van der Waals surface area contributed by atoms with Crippen LogP contribution in [0.4, 0.5) is 4.39 Å². The van der Waals surface area contributed by atoms with Gasteiger partial charge >= 0.3 is 0 Å². The molecule has 2 aromatic carbocycles. The zero-order valence-electron chi connectivity index (χ0n) is 10.3. The molecule has 0 amide bonds. The Balaban J connectivity index is 1.92. The average Bonchev–Trinajstić information content (AvgIpc) is 2.88. The van der Waals surface area contributed by atoms with Gasteiger partial charge in [0.05, 0.1) is 5.56 Å². The van der Waals surface area contributed by atoms with E-state index in [0.29, 0.717) is 11.5 Å². The van der Waals surface area contributed by atoms with Crippen molar-refractivity contribution in [1.82, 2.24) is 0 Å². The van der Waals surface area contributed by atoms with Gasteiger partial charge in [-0.25, -0.2) is 4.39 Å². The molecular weight excluding hydrogens is 241 g/mol. The standard InChI is InChI=1S/C16H12FNO/c17-14-5-7-16(13(8-14)10-18)19-15-6-4-11-2-1-3-12(11)9-15/h4-9H,1-3H2. The molecule has 0 fully saturated rings. The first-order valence-corrected chi connectivity index (χ1v) is 6.25. The lowest BCUT2D eigenvalue weighted by molar-refractivity contribution is 0.478. The van der Waals surface area contributed by atoms with E-state index in [4.69, 9.17) is 10.00 Å². The predicted octanol–water partition coefficient (Wildman–Crippen LogP) is 3.98. The van der Waals surface area contributed by atoms with Crippen LogP contribution in [0.1, 0.15) is 23.1 Å². The maximum Gasteiger partial charge on any atom is 0.145 e. The largest absolute Gasteiger partial charge is 0.456 e. The number of benzene rings is 2. The SMILES string of the molecule is N#Cc1cc(F)ccc1Oc1ccc2c(c1)CCC2. The second kappa shape index (κ2) is 4.74. The maximum absolute atomic E-state index is 13.0. The molecule has 2 aromatic rings. The van der Waals surface area contributed by atoms with Crippen molar-refractivity contribution in [3.63, 3.8) is 0 Å². The van der Waals surface area contributed by atoms with Gasteiger partial charge < -0.3 is 4.74 Å². The quantitative estimate of drug-likeness (QED) is 0.811. The molecule has 0 spiro atoms. The third-order valence-corrected chi connectivity index (χ3v) is 3.36. The summed E-state index contributed by atoms with van der Waals surface area (Å²) in [4.78, 5) is 0. The zero-order chi connectivity index (χ0) is 13.2. The summed E-state index contributed by atoms with van der Waals surface area (Å²) in [5.74, 6) is 0.656. The van der Waals surface area contributed by atoms with Crippen molar-refractivity contribution < 1.29 is 9.13 Å². The van der Waals surface area contributed by atoms with Crippen LogP contribution >= 0.6 is 0 Å². The van der Waals surface area contributed by atoms with E-state index < -0.39 is 5.82 Å². The molecule has 0 atom stereocenters. The zero-order valence-corrected chi connectivity index (χ0v) is 10.3. The Bertz CT molecular complexity index is 673. The van der Waals surface area contributed by atoms with Crippen molar-refractivity contribution in [3.05, 3.63) is 58.9 Å². The number of fused-ring (bicyclic) bond motifs is 1. The van der Waals surface area contributed by atoms with Crippen LogP contribution in [-0.4, -0.2) is 0 Å². The van der Waals surface area contributed by atoms with Gasteiger partial charge in [0, 0.05) is 0 Å². The molecule has 1 aliphatic carbocycles. The summed E-state index contributed by atoms with van der Waals surface area (Å²) >= 11 is 0. The van der Waals surface area contributed by atoms with E-state index >= 15 is 0 Å². The smallest absolute Gasteiger partial charge is 0.145 e. The summed E-state index contributed by atoms with van der Waals surface area (Å²) in [6, 6.07) is 11.9. The number of halogens is 1. The van der Waals surface area contributed by atoms with E-state index in [0.717, 1.165) is 12.8 Å². The van der Waals surface area contributed by atoms with Crippen LogP contribution in [0, 0.1) is 17.1 Å². The summed E-state index contributed by atoms with van der Waals surface area (Å²) in [7, 11) is 0. The molecule has 94 valence electrons. The van der Waals surface area contributed by atoms with Crippen molar-refractivity contribution >= 4 is 0 Å². The topological polar surface area (TPSA) is 33.0 Å². The summed E-state index contributed by atoms with van der Waals surface area (Å²) < 4.78 is 18.7. The molecule has 3 heteroatoms. The second-order valence-electron chi connectivity index (χ2n) is 4.64. The third-order valence-electron chi connectivity index (χ3n) is 3.36. The molecule has 0 unspecified atom stereocenters. The summed E-state index contributed by atoms with van der Waals surface area (Å²) in [5.41, 5.74) is 2.88. The minimum absolute atomic E-state index is 0.209. The minimum atomic E-state index is -0.433. The highest BCUT2D eigenvalue weighted by Gasteiger charge is 2.12. The van der Waals surface area contributed by atoms with Crippen LogP contribution in [0.3, 0.4) is 0 Å². The van der Waals surface area contributed by atoms with Gasteiger partial charge in [0.1, 0.15) is 23.4 Å². The van der Waals surface area contributed by atoms with Gasteiger partial charge in [-0.1, -0.05) is 6.07 Å². The molecule has 0 aromatic heterocycles. The van der Waals surface area contributed by atoms with Crippen LogP contribution < -0.4 is 4.74 Å². The monoisotopic (exact) mass is 253 g/mol. The molecule has 0 N–H and O–H groups in total. The van der Waals surface area contributed by atoms with Gasteiger partial charge in [0.2, 0.25) is 0 Å². The Labute approximate surface area is 111 Å². The van der Waals surface area contributed by atoms with Crippen LogP contribution in [0.15, 0.2) is 36.4 Å². The van der Waals surface area contributed by atoms with E-state index in [2.05, 4.69) is 6.07 Å². The summed E-state index contributed by atoms with van der Waals surface area (Å²) in [6.07, 6.45) is 3.37. The number of hydrogen-bond donors (Lipinski definition) is 0. The molecule has 0 saturated heterocycles. The first-order chi connectivity index (χ1) is 9.26. The molecule has 19 heavy (non-hydrogen) atoms. The lowest BCUT2D eigenvalue weighted by Crippen LogP contribution is -1.91. The second-order valence-corrected chi connectivity index (χ2v) is 4.64. The highest BCUT2D eigenvalue weighted by Crippen LogP contribution is 2.30. The molecule has 2 nitrogen and oxygen atoms in total. The molecule has 1 aliphatic rings. The third kappa shape index (κ3) is 2.30. The van der Waals surface area contributed by atoms with E-state index in [9.17, 15) is 4.39 Å². The number of nitrogens with zero attached hydrogens (tertiary/aromatic N) is 1. The van der Waals surface area contributed by atoms with E-state index in [1.54, 1.807) is 0 Å². The number of ether oxygens (including phenoxy) is 1. The Morgan fingerprint density at radius 2 is 1.89 bits per heavy atom. The van der Waals surface area contributed by atoms with E-state index in [1.807, 2.05) is 18.2 Å². The maximum atomic E-state index is 13.0. The lowest BCUT2D eigenvalue weighted by atomic mass is 10.1. The van der Waals surface area contributed by atoms with E-state index in [1.165, 1.54) is 35.7 Å². The van der Waals surface area contributed by atoms with Crippen LogP contribution in [-0.2, 0) is 12.8 Å². The first-order valence-electron chi connectivity index (χ1n) is 6.25. The fraction of sp³-hybridized carbons (Fsp3) is 0.188. The molecule has 0 radical (unpaired) electrons. The van der Waals surface area contributed by atoms with Crippen molar-refractivity contribution in [3.8, 4) is 17.6 Å². The molecule has 0 heterocycles. The van der Waals surface area contributed by atoms with Crippen molar-refractivity contribution in [2.45, 2.75) is 19.3 Å². The Kier molecular flexibility index (Phi) is 2.92. The van der Waals surface area contributed by atoms with Gasteiger partial charge in [-0.2, -0.15) is 5.26 Å². The van der Waals surface area contributed by atoms with Gasteiger partial charge in [-0.05, 0) is 60.7 Å². The molecule has 3 rings (SSSR count). The number of rotatable bonds is 2. The highest BCUT2D eigenvalue weighted by atomic mass is 19.1. The molecule has 0 saturated carbocycles. The molecule has 0 aliphatic heterocycles. The van der Waals surface area contributed by atoms with Crippen molar-refractivity contribution in [1.29, 1.82) is 5.26 Å². The lowest BCUT2D eigenvalue weighted by Gasteiger charge is -2.09. The van der Waals surface area contributed by atoms with Crippen LogP contribution in [0.25, 0.3) is 0 Å². The summed E-state index contributed by atoms with van der Waals surface area (Å²) in [6.45, 7) is 0. The normalized spacial score (nSPS) is 12.8. The predicted molar refractivity (Wildman–Crippen MR) is 69.7 cm³/mol. The molecule has 0 bridgehead atoms. The van der Waals surface area contributed by atoms with E-state index in [-0.39, 0.29) is 5.56 Å². The van der Waals surface area contributed by atoms with Crippen molar-refractivity contribution in [2.75, 3.05) is 0 Å². The Morgan fingerprint density at radius 1 is 1.05 bits per heavy atom. The number of hydrogen-bond acceptors (Lipinski definition) is 2. The average molecular weight is 253 g/mol. The van der Waals surface area contributed by atoms with Gasteiger partial charge in [-0.3, -0.25) is 0 Å².